The molecule has 0 spiro atoms. The SMILES string of the molecule is N#Cc1ccc(-c2cc(-c3ccc4c5ccccc5c5ccccc5c5ccccc5c5ccccc5c4c3)nc(-c3ccc(-c4ccccc4)cc3)n2)cc1. The molecule has 0 aliphatic rings. The third kappa shape index (κ3) is 5.87. The molecule has 3 heteroatoms. The summed E-state index contributed by atoms with van der Waals surface area (Å²) in [4.78, 5) is 10.4. The van der Waals surface area contributed by atoms with Crippen molar-refractivity contribution in [3.8, 4) is 51.1 Å². The highest BCUT2D eigenvalue weighted by molar-refractivity contribution is 6.26. The quantitative estimate of drug-likeness (QED) is 0.183. The second-order valence-corrected chi connectivity index (χ2v) is 14.0. The van der Waals surface area contributed by atoms with Gasteiger partial charge in [0.15, 0.2) is 5.82 Å². The van der Waals surface area contributed by atoms with Gasteiger partial charge in [0.2, 0.25) is 0 Å². The summed E-state index contributed by atoms with van der Waals surface area (Å²) in [5, 5.41) is 21.3. The summed E-state index contributed by atoms with van der Waals surface area (Å²) in [5.41, 5.74) is 7.34. The lowest BCUT2D eigenvalue weighted by atomic mass is 9.93. The van der Waals surface area contributed by atoms with Crippen molar-refractivity contribution >= 4 is 53.9 Å². The van der Waals surface area contributed by atoms with Crippen molar-refractivity contribution in [3.05, 3.63) is 206 Å². The smallest absolute Gasteiger partial charge is 0.160 e. The second-order valence-electron chi connectivity index (χ2n) is 14.0. The maximum absolute atomic E-state index is 9.51. The Morgan fingerprint density at radius 2 is 0.643 bits per heavy atom. The monoisotopic (exact) mass is 711 g/mol. The summed E-state index contributed by atoms with van der Waals surface area (Å²) in [6.07, 6.45) is 0. The first-order chi connectivity index (χ1) is 27.7. The lowest BCUT2D eigenvalue weighted by molar-refractivity contribution is 1.18. The first kappa shape index (κ1) is 32.9. The van der Waals surface area contributed by atoms with Gasteiger partial charge in [0.05, 0.1) is 23.0 Å². The molecule has 0 unspecified atom stereocenters. The summed E-state index contributed by atoms with van der Waals surface area (Å²) in [5.74, 6) is 0.637. The van der Waals surface area contributed by atoms with E-state index in [9.17, 15) is 5.26 Å². The highest BCUT2D eigenvalue weighted by atomic mass is 14.9. The van der Waals surface area contributed by atoms with Crippen molar-refractivity contribution in [3.63, 3.8) is 0 Å². The molecule has 10 aromatic rings. The highest BCUT2D eigenvalue weighted by Gasteiger charge is 2.14. The molecule has 0 amide bonds. The number of hydrogen-bond acceptors (Lipinski definition) is 3. The molecule has 56 heavy (non-hydrogen) atoms. The van der Waals surface area contributed by atoms with Crippen LogP contribution in [0.1, 0.15) is 5.56 Å². The molecule has 0 aliphatic heterocycles. The normalized spacial score (nSPS) is 11.2. The number of hydrogen-bond donors (Lipinski definition) is 0. The minimum absolute atomic E-state index is 0.608. The van der Waals surface area contributed by atoms with Crippen molar-refractivity contribution < 1.29 is 0 Å². The van der Waals surface area contributed by atoms with Gasteiger partial charge in [-0.05, 0) is 89.3 Å². The van der Waals surface area contributed by atoms with Crippen LogP contribution in [0, 0.1) is 11.3 Å². The van der Waals surface area contributed by atoms with Crippen molar-refractivity contribution in [1.82, 2.24) is 9.97 Å². The van der Waals surface area contributed by atoms with E-state index in [-0.39, 0.29) is 0 Å². The fraction of sp³-hybridized carbons (Fsp3) is 0. The Morgan fingerprint density at radius 3 is 1.12 bits per heavy atom. The molecule has 0 aliphatic carbocycles. The van der Waals surface area contributed by atoms with Gasteiger partial charge in [-0.2, -0.15) is 5.26 Å². The molecular formula is C53H33N3. The van der Waals surface area contributed by atoms with Gasteiger partial charge in [-0.1, -0.05) is 176 Å². The highest BCUT2D eigenvalue weighted by Crippen LogP contribution is 2.38. The fourth-order valence-electron chi connectivity index (χ4n) is 8.00. The predicted molar refractivity (Wildman–Crippen MR) is 234 cm³/mol. The molecule has 3 nitrogen and oxygen atoms in total. The average molecular weight is 712 g/mol. The topological polar surface area (TPSA) is 49.6 Å². The van der Waals surface area contributed by atoms with Crippen LogP contribution in [0.5, 0.6) is 0 Å². The molecule has 0 N–H and O–H groups in total. The van der Waals surface area contributed by atoms with Crippen molar-refractivity contribution in [2.75, 3.05) is 0 Å². The average Bonchev–Trinajstić information content (AvgIpc) is 3.29. The van der Waals surface area contributed by atoms with Gasteiger partial charge in [-0.15, -0.1) is 0 Å². The van der Waals surface area contributed by atoms with Crippen LogP contribution in [0.4, 0.5) is 0 Å². The van der Waals surface area contributed by atoms with Crippen LogP contribution in [0.25, 0.3) is 98.9 Å². The Balaban J connectivity index is 1.27. The summed E-state index contributed by atoms with van der Waals surface area (Å²) in [7, 11) is 0. The van der Waals surface area contributed by atoms with Gasteiger partial charge >= 0.3 is 0 Å². The minimum atomic E-state index is 0.608. The van der Waals surface area contributed by atoms with Crippen LogP contribution < -0.4 is 0 Å². The molecule has 9 aromatic carbocycles. The summed E-state index contributed by atoms with van der Waals surface area (Å²) < 4.78 is 0. The Bertz CT molecular complexity index is 3160. The van der Waals surface area contributed by atoms with Gasteiger partial charge in [0, 0.05) is 16.7 Å². The van der Waals surface area contributed by atoms with Crippen LogP contribution in [0.3, 0.4) is 0 Å². The first-order valence-electron chi connectivity index (χ1n) is 18.8. The minimum Gasteiger partial charge on any atom is -0.228 e. The van der Waals surface area contributed by atoms with Gasteiger partial charge in [-0.25, -0.2) is 9.97 Å². The van der Waals surface area contributed by atoms with Crippen LogP contribution in [-0.2, 0) is 0 Å². The molecule has 0 fully saturated rings. The number of aromatic nitrogens is 2. The molecular weight excluding hydrogens is 679 g/mol. The zero-order chi connectivity index (χ0) is 37.4. The van der Waals surface area contributed by atoms with Gasteiger partial charge in [0.25, 0.3) is 0 Å². The van der Waals surface area contributed by atoms with Crippen LogP contribution in [0.15, 0.2) is 200 Å². The Labute approximate surface area is 324 Å². The van der Waals surface area contributed by atoms with Crippen molar-refractivity contribution in [2.45, 2.75) is 0 Å². The van der Waals surface area contributed by atoms with E-state index in [0.717, 1.165) is 55.4 Å². The van der Waals surface area contributed by atoms with Gasteiger partial charge in [0.1, 0.15) is 0 Å². The van der Waals surface area contributed by atoms with E-state index in [4.69, 9.17) is 9.97 Å². The standard InChI is InChI=1S/C53H33N3/c54-34-35-22-24-38(25-23-35)51-33-52(56-53(55-51)39-28-26-37(27-29-39)36-12-2-1-3-13-36)40-30-31-49-47-20-9-8-18-45(47)43-16-5-4-14-41(43)42-15-6-7-17-44(42)46-19-10-11-21-48(46)50(49)32-40/h1-33H. The van der Waals surface area contributed by atoms with E-state index >= 15 is 0 Å². The van der Waals surface area contributed by atoms with E-state index in [1.165, 1.54) is 37.7 Å². The fourth-order valence-corrected chi connectivity index (χ4v) is 8.00. The van der Waals surface area contributed by atoms with Gasteiger partial charge < -0.3 is 0 Å². The summed E-state index contributed by atoms with van der Waals surface area (Å²) >= 11 is 0. The maximum Gasteiger partial charge on any atom is 0.160 e. The van der Waals surface area contributed by atoms with Gasteiger partial charge in [-0.3, -0.25) is 0 Å². The molecule has 0 saturated carbocycles. The van der Waals surface area contributed by atoms with Crippen LogP contribution >= 0.6 is 0 Å². The van der Waals surface area contributed by atoms with Crippen molar-refractivity contribution in [1.29, 1.82) is 5.26 Å². The maximum atomic E-state index is 9.51. The molecule has 0 radical (unpaired) electrons. The zero-order valence-corrected chi connectivity index (χ0v) is 30.4. The molecule has 0 bridgehead atoms. The van der Waals surface area contributed by atoms with E-state index in [0.29, 0.717) is 11.4 Å². The number of nitriles is 1. The molecule has 260 valence electrons. The second kappa shape index (κ2) is 14.0. The largest absolute Gasteiger partial charge is 0.228 e. The van der Waals surface area contributed by atoms with E-state index in [1.807, 2.05) is 30.3 Å². The predicted octanol–water partition coefficient (Wildman–Crippen LogP) is 13.9. The number of fused-ring (bicyclic) bond motifs is 10. The third-order valence-electron chi connectivity index (χ3n) is 10.8. The summed E-state index contributed by atoms with van der Waals surface area (Å²) in [6.45, 7) is 0. The Kier molecular flexibility index (Phi) is 8.21. The van der Waals surface area contributed by atoms with Crippen molar-refractivity contribution in [2.24, 2.45) is 0 Å². The number of rotatable bonds is 4. The molecule has 0 atom stereocenters. The first-order valence-corrected chi connectivity index (χ1v) is 18.8. The molecule has 1 aromatic heterocycles. The number of benzene rings is 8. The molecule has 0 saturated heterocycles. The van der Waals surface area contributed by atoms with E-state index < -0.39 is 0 Å². The lowest BCUT2D eigenvalue weighted by Crippen LogP contribution is -1.96. The Hall–Kier alpha value is -7.67. The summed E-state index contributed by atoms with van der Waals surface area (Å²) in [6, 6.07) is 72.5. The molecule has 10 rings (SSSR count). The van der Waals surface area contributed by atoms with E-state index in [1.54, 1.807) is 0 Å². The zero-order valence-electron chi connectivity index (χ0n) is 30.4. The number of nitrogens with zero attached hydrogens (tertiary/aromatic N) is 3. The van der Waals surface area contributed by atoms with Crippen LogP contribution in [-0.4, -0.2) is 9.97 Å². The Morgan fingerprint density at radius 1 is 0.286 bits per heavy atom. The van der Waals surface area contributed by atoms with Crippen LogP contribution in [0.2, 0.25) is 0 Å². The molecule has 1 heterocycles. The lowest BCUT2D eigenvalue weighted by Gasteiger charge is -2.12. The van der Waals surface area contributed by atoms with E-state index in [2.05, 4.69) is 176 Å². The third-order valence-corrected chi connectivity index (χ3v) is 10.8.